The molecule has 0 aliphatic carbocycles. The second kappa shape index (κ2) is 6.93. The number of rotatable bonds is 6. The fraction of sp³-hybridized carbons (Fsp3) is 0.538. The summed E-state index contributed by atoms with van der Waals surface area (Å²) >= 11 is 1.10. The summed E-state index contributed by atoms with van der Waals surface area (Å²) in [7, 11) is -3.82. The summed E-state index contributed by atoms with van der Waals surface area (Å²) in [5, 5.41) is 10.8. The molecule has 23 heavy (non-hydrogen) atoms. The number of carboxylic acids is 1. The third kappa shape index (κ3) is 3.70. The van der Waals surface area contributed by atoms with Gasteiger partial charge >= 0.3 is 5.97 Å². The Kier molecular flexibility index (Phi) is 5.37. The number of aryl methyl sites for hydroxylation is 1. The average molecular weight is 364 g/mol. The highest BCUT2D eigenvalue weighted by Gasteiger charge is 2.41. The van der Waals surface area contributed by atoms with Gasteiger partial charge in [-0.15, -0.1) is 11.3 Å². The van der Waals surface area contributed by atoms with Gasteiger partial charge < -0.3 is 10.4 Å². The van der Waals surface area contributed by atoms with Gasteiger partial charge in [0, 0.05) is 11.4 Å². The van der Waals surface area contributed by atoms with Crippen molar-refractivity contribution in [1.29, 1.82) is 0 Å². The first-order valence-corrected chi connectivity index (χ1v) is 9.20. The molecular formula is C13H17FN2O5S2. The van der Waals surface area contributed by atoms with E-state index in [4.69, 9.17) is 5.11 Å². The van der Waals surface area contributed by atoms with Crippen LogP contribution in [0.2, 0.25) is 0 Å². The second-order valence-electron chi connectivity index (χ2n) is 5.19. The van der Waals surface area contributed by atoms with Crippen LogP contribution < -0.4 is 5.32 Å². The van der Waals surface area contributed by atoms with Crippen LogP contribution in [0.25, 0.3) is 0 Å². The standard InChI is InChI=1S/C13H17FN2O5S2/c1-8-4-5-11(22-8)23(20,21)16-6-2-3-10(16)12(17)15-9(7-14)13(18)19/h4-5,9-10H,2-3,6-7H2,1H3,(H,15,17)(H,18,19). The first kappa shape index (κ1) is 17.8. The summed E-state index contributed by atoms with van der Waals surface area (Å²) < 4.78 is 39.1. The zero-order chi connectivity index (χ0) is 17.2. The van der Waals surface area contributed by atoms with Crippen LogP contribution >= 0.6 is 11.3 Å². The lowest BCUT2D eigenvalue weighted by Gasteiger charge is -2.23. The molecule has 2 rings (SSSR count). The molecule has 10 heteroatoms. The number of carboxylic acid groups (broad SMARTS) is 1. The molecular weight excluding hydrogens is 347 g/mol. The number of amides is 1. The van der Waals surface area contributed by atoms with Crippen molar-refractivity contribution in [2.45, 2.75) is 36.1 Å². The van der Waals surface area contributed by atoms with Gasteiger partial charge in [0.2, 0.25) is 5.91 Å². The van der Waals surface area contributed by atoms with Crippen LogP contribution in [0.15, 0.2) is 16.3 Å². The highest BCUT2D eigenvalue weighted by atomic mass is 32.2. The summed E-state index contributed by atoms with van der Waals surface area (Å²) in [5.41, 5.74) is 0. The van der Waals surface area contributed by atoms with E-state index in [-0.39, 0.29) is 17.2 Å². The third-order valence-corrected chi connectivity index (χ3v) is 6.93. The Morgan fingerprint density at radius 2 is 2.22 bits per heavy atom. The molecule has 2 heterocycles. The summed E-state index contributed by atoms with van der Waals surface area (Å²) in [6.07, 6.45) is 0.753. The zero-order valence-electron chi connectivity index (χ0n) is 12.4. The van der Waals surface area contributed by atoms with E-state index >= 15 is 0 Å². The number of thiophene rings is 1. The van der Waals surface area contributed by atoms with Crippen LogP contribution in [0, 0.1) is 6.92 Å². The number of hydrogen-bond donors (Lipinski definition) is 2. The Morgan fingerprint density at radius 1 is 1.52 bits per heavy atom. The molecule has 0 spiro atoms. The molecule has 1 aromatic rings. The van der Waals surface area contributed by atoms with E-state index in [1.807, 2.05) is 0 Å². The van der Waals surface area contributed by atoms with Crippen LogP contribution in [0.3, 0.4) is 0 Å². The average Bonchev–Trinajstić information content (AvgIpc) is 3.13. The van der Waals surface area contributed by atoms with Crippen molar-refractivity contribution in [1.82, 2.24) is 9.62 Å². The van der Waals surface area contributed by atoms with E-state index in [0.717, 1.165) is 20.5 Å². The maximum atomic E-state index is 12.6. The molecule has 0 radical (unpaired) electrons. The van der Waals surface area contributed by atoms with Gasteiger partial charge in [0.15, 0.2) is 6.04 Å². The number of nitrogens with one attached hydrogen (secondary N) is 1. The lowest BCUT2D eigenvalue weighted by molar-refractivity contribution is -0.142. The first-order valence-electron chi connectivity index (χ1n) is 6.95. The summed E-state index contributed by atoms with van der Waals surface area (Å²) in [5.74, 6) is -2.29. The summed E-state index contributed by atoms with van der Waals surface area (Å²) in [4.78, 5) is 23.8. The van der Waals surface area contributed by atoms with Gasteiger partial charge in [-0.25, -0.2) is 17.6 Å². The van der Waals surface area contributed by atoms with E-state index in [0.29, 0.717) is 6.42 Å². The minimum absolute atomic E-state index is 0.134. The Morgan fingerprint density at radius 3 is 2.74 bits per heavy atom. The minimum atomic E-state index is -3.82. The van der Waals surface area contributed by atoms with E-state index in [9.17, 15) is 22.4 Å². The molecule has 1 aliphatic heterocycles. The third-order valence-electron chi connectivity index (χ3n) is 3.55. The number of sulfonamides is 1. The SMILES string of the molecule is Cc1ccc(S(=O)(=O)N2CCCC2C(=O)NC(CF)C(=O)O)s1. The number of halogens is 1. The molecule has 2 atom stereocenters. The molecule has 1 saturated heterocycles. The van der Waals surface area contributed by atoms with Gasteiger partial charge in [-0.3, -0.25) is 4.79 Å². The van der Waals surface area contributed by atoms with Crippen molar-refractivity contribution >= 4 is 33.2 Å². The lowest BCUT2D eigenvalue weighted by Crippen LogP contribution is -2.51. The van der Waals surface area contributed by atoms with E-state index < -0.39 is 40.7 Å². The Bertz CT molecular complexity index is 703. The molecule has 0 bridgehead atoms. The Balaban J connectivity index is 2.20. The second-order valence-corrected chi connectivity index (χ2v) is 8.60. The highest BCUT2D eigenvalue weighted by Crippen LogP contribution is 2.30. The monoisotopic (exact) mass is 364 g/mol. The Labute approximate surface area is 137 Å². The molecule has 0 saturated carbocycles. The van der Waals surface area contributed by atoms with Crippen molar-refractivity contribution in [3.8, 4) is 0 Å². The smallest absolute Gasteiger partial charge is 0.328 e. The van der Waals surface area contributed by atoms with Crippen LogP contribution in [0.1, 0.15) is 17.7 Å². The maximum absolute atomic E-state index is 12.6. The zero-order valence-corrected chi connectivity index (χ0v) is 14.0. The van der Waals surface area contributed by atoms with Gasteiger partial charge in [0.05, 0.1) is 0 Å². The number of carbonyl (C=O) groups is 2. The van der Waals surface area contributed by atoms with Gasteiger partial charge in [-0.2, -0.15) is 4.31 Å². The lowest BCUT2D eigenvalue weighted by atomic mass is 10.2. The molecule has 7 nitrogen and oxygen atoms in total. The van der Waals surface area contributed by atoms with Gasteiger partial charge in [0.25, 0.3) is 10.0 Å². The first-order chi connectivity index (χ1) is 10.8. The topological polar surface area (TPSA) is 104 Å². The predicted octanol–water partition coefficient (Wildman–Crippen LogP) is 0.749. The minimum Gasteiger partial charge on any atom is -0.480 e. The van der Waals surface area contributed by atoms with E-state index in [1.54, 1.807) is 13.0 Å². The molecule has 1 aromatic heterocycles. The van der Waals surface area contributed by atoms with Gasteiger partial charge in [0.1, 0.15) is 16.9 Å². The van der Waals surface area contributed by atoms with Crippen molar-refractivity contribution in [2.24, 2.45) is 0 Å². The van der Waals surface area contributed by atoms with Gasteiger partial charge in [-0.1, -0.05) is 0 Å². The molecule has 2 N–H and O–H groups in total. The van der Waals surface area contributed by atoms with E-state index in [2.05, 4.69) is 5.32 Å². The maximum Gasteiger partial charge on any atom is 0.328 e. The predicted molar refractivity (Wildman–Crippen MR) is 81.5 cm³/mol. The van der Waals surface area contributed by atoms with Crippen molar-refractivity contribution < 1.29 is 27.5 Å². The summed E-state index contributed by atoms with van der Waals surface area (Å²) in [6, 6.07) is 0.462. The Hall–Kier alpha value is -1.52. The molecule has 1 aliphatic rings. The quantitative estimate of drug-likeness (QED) is 0.775. The van der Waals surface area contributed by atoms with Crippen molar-refractivity contribution in [3.63, 3.8) is 0 Å². The fourth-order valence-electron chi connectivity index (χ4n) is 2.39. The van der Waals surface area contributed by atoms with Crippen molar-refractivity contribution in [3.05, 3.63) is 17.0 Å². The van der Waals surface area contributed by atoms with Gasteiger partial charge in [-0.05, 0) is 31.9 Å². The normalized spacial score (nSPS) is 20.3. The van der Waals surface area contributed by atoms with Crippen LogP contribution in [-0.2, 0) is 19.6 Å². The molecule has 0 aromatic carbocycles. The van der Waals surface area contributed by atoms with Crippen molar-refractivity contribution in [2.75, 3.05) is 13.2 Å². The van der Waals surface area contributed by atoms with Crippen LogP contribution in [0.5, 0.6) is 0 Å². The largest absolute Gasteiger partial charge is 0.480 e. The molecule has 2 unspecified atom stereocenters. The molecule has 1 fully saturated rings. The number of aliphatic carboxylic acids is 1. The number of carbonyl (C=O) groups excluding carboxylic acids is 1. The number of hydrogen-bond acceptors (Lipinski definition) is 5. The van der Waals surface area contributed by atoms with Crippen LogP contribution in [0.4, 0.5) is 4.39 Å². The van der Waals surface area contributed by atoms with E-state index in [1.165, 1.54) is 6.07 Å². The van der Waals surface area contributed by atoms with Crippen LogP contribution in [-0.4, -0.2) is 55.0 Å². The fourth-order valence-corrected chi connectivity index (χ4v) is 5.46. The number of alkyl halides is 1. The molecule has 128 valence electrons. The highest BCUT2D eigenvalue weighted by molar-refractivity contribution is 7.91. The summed E-state index contributed by atoms with van der Waals surface area (Å²) in [6.45, 7) is 0.686. The molecule has 1 amide bonds. The number of nitrogens with zero attached hydrogens (tertiary/aromatic N) is 1.